The Bertz CT molecular complexity index is 1330. The van der Waals surface area contributed by atoms with E-state index >= 15 is 0 Å². The second-order valence-corrected chi connectivity index (χ2v) is 25.6. The minimum atomic E-state index is -0.663. The second-order valence-electron chi connectivity index (χ2n) is 25.6. The number of ether oxygens (including phenoxy) is 1. The molecule has 3 N–H and O–H groups in total. The Labute approximate surface area is 513 Å². The lowest BCUT2D eigenvalue weighted by Gasteiger charge is -2.22. The molecule has 6 heteroatoms. The summed E-state index contributed by atoms with van der Waals surface area (Å²) in [5.74, 6) is -0.0164. The van der Waals surface area contributed by atoms with Crippen molar-refractivity contribution in [1.29, 1.82) is 0 Å². The molecule has 0 rings (SSSR count). The van der Waals surface area contributed by atoms with E-state index in [-0.39, 0.29) is 18.5 Å². The maximum Gasteiger partial charge on any atom is 0.305 e. The lowest BCUT2D eigenvalue weighted by molar-refractivity contribution is -0.143. The largest absolute Gasteiger partial charge is 0.466 e. The van der Waals surface area contributed by atoms with Gasteiger partial charge in [0, 0.05) is 12.8 Å². The Kier molecular flexibility index (Phi) is 69.9. The van der Waals surface area contributed by atoms with Gasteiger partial charge in [0.25, 0.3) is 0 Å². The highest BCUT2D eigenvalue weighted by atomic mass is 16.5. The predicted molar refractivity (Wildman–Crippen MR) is 361 cm³/mol. The lowest BCUT2D eigenvalue weighted by atomic mass is 10.0. The summed E-state index contributed by atoms with van der Waals surface area (Å²) in [5, 5.41) is 23.4. The minimum absolute atomic E-state index is 0.0139. The summed E-state index contributed by atoms with van der Waals surface area (Å²) >= 11 is 0. The summed E-state index contributed by atoms with van der Waals surface area (Å²) < 4.78 is 5.51. The molecule has 0 aromatic heterocycles. The Hall–Kier alpha value is -1.92. The average molecular weight is 1150 g/mol. The molecule has 0 saturated carbocycles. The molecule has 0 heterocycles. The number of nitrogens with one attached hydrogen (secondary N) is 1. The number of rotatable bonds is 70. The molecule has 0 aliphatic carbocycles. The van der Waals surface area contributed by atoms with Crippen molar-refractivity contribution in [1.82, 2.24) is 5.32 Å². The number of hydrogen-bond acceptors (Lipinski definition) is 5. The number of esters is 1. The second kappa shape index (κ2) is 71.6. The van der Waals surface area contributed by atoms with Crippen LogP contribution in [0.15, 0.2) is 36.5 Å². The molecule has 82 heavy (non-hydrogen) atoms. The predicted octanol–water partition coefficient (Wildman–Crippen LogP) is 24.3. The zero-order chi connectivity index (χ0) is 59.2. The number of aliphatic hydroxyl groups excluding tert-OH is 2. The third-order valence-corrected chi connectivity index (χ3v) is 17.4. The molecule has 0 spiro atoms. The van der Waals surface area contributed by atoms with Gasteiger partial charge < -0.3 is 20.3 Å². The molecule has 0 aliphatic rings. The van der Waals surface area contributed by atoms with Crippen molar-refractivity contribution in [3.05, 3.63) is 36.5 Å². The normalized spacial score (nSPS) is 12.7. The first kappa shape index (κ1) is 80.1. The van der Waals surface area contributed by atoms with Crippen LogP contribution in [0, 0.1) is 0 Å². The molecule has 0 saturated heterocycles. The molecule has 6 nitrogen and oxygen atoms in total. The van der Waals surface area contributed by atoms with Gasteiger partial charge in [-0.3, -0.25) is 9.59 Å². The summed E-state index contributed by atoms with van der Waals surface area (Å²) in [6, 6.07) is -0.541. The smallest absolute Gasteiger partial charge is 0.305 e. The van der Waals surface area contributed by atoms with Crippen LogP contribution in [0.2, 0.25) is 0 Å². The summed E-state index contributed by atoms with van der Waals surface area (Å²) in [5.41, 5.74) is 0. The molecule has 0 bridgehead atoms. The molecule has 0 aliphatic heterocycles. The van der Waals surface area contributed by atoms with Crippen LogP contribution in [0.5, 0.6) is 0 Å². The Morgan fingerprint density at radius 1 is 0.341 bits per heavy atom. The van der Waals surface area contributed by atoms with E-state index in [4.69, 9.17) is 4.74 Å². The molecule has 1 amide bonds. The molecule has 484 valence electrons. The molecule has 2 unspecified atom stereocenters. The fourth-order valence-corrected chi connectivity index (χ4v) is 11.7. The van der Waals surface area contributed by atoms with Gasteiger partial charge in [-0.25, -0.2) is 0 Å². The third-order valence-electron chi connectivity index (χ3n) is 17.4. The molecule has 0 radical (unpaired) electrons. The van der Waals surface area contributed by atoms with Crippen molar-refractivity contribution < 1.29 is 24.5 Å². The van der Waals surface area contributed by atoms with Gasteiger partial charge in [0.15, 0.2) is 0 Å². The van der Waals surface area contributed by atoms with Crippen LogP contribution in [0.25, 0.3) is 0 Å². The first-order valence-electron chi connectivity index (χ1n) is 37.2. The van der Waals surface area contributed by atoms with Gasteiger partial charge >= 0.3 is 5.97 Å². The van der Waals surface area contributed by atoms with E-state index in [9.17, 15) is 19.8 Å². The standard InChI is InChI=1S/C76H145NO5/c1-3-5-7-9-11-13-15-17-19-21-34-38-42-46-50-54-58-62-66-70-76(81)82-71-67-63-59-55-51-47-43-39-36-33-31-29-27-25-23-22-24-26-28-30-32-35-37-41-45-49-53-57-61-65-69-75(80)77-73(72-78)74(79)68-64-60-56-52-48-44-40-20-18-16-14-12-10-8-6-4-2/h11,13,17,19,23,25,73-74,78-79H,3-10,12,14-16,18,20-22,24,26-72H2,1-2H3,(H,77,80)/b13-11-,19-17-,25-23-. The van der Waals surface area contributed by atoms with Crippen LogP contribution in [-0.2, 0) is 14.3 Å². The fraction of sp³-hybridized carbons (Fsp3) is 0.895. The Balaban J connectivity index is 3.35. The number of carbonyl (C=O) groups excluding carboxylic acids is 2. The number of hydrogen-bond donors (Lipinski definition) is 3. The van der Waals surface area contributed by atoms with Crippen LogP contribution in [0.1, 0.15) is 412 Å². The summed E-state index contributed by atoms with van der Waals surface area (Å²) in [6.45, 7) is 4.96. The van der Waals surface area contributed by atoms with Gasteiger partial charge in [0.2, 0.25) is 5.91 Å². The highest BCUT2D eigenvalue weighted by Crippen LogP contribution is 2.19. The highest BCUT2D eigenvalue weighted by Gasteiger charge is 2.20. The van der Waals surface area contributed by atoms with E-state index in [2.05, 4.69) is 55.6 Å². The summed E-state index contributed by atoms with van der Waals surface area (Å²) in [6.07, 6.45) is 92.1. The lowest BCUT2D eigenvalue weighted by Crippen LogP contribution is -2.45. The maximum atomic E-state index is 12.5. The average Bonchev–Trinajstić information content (AvgIpc) is 3.48. The number of allylic oxidation sites excluding steroid dienone is 6. The number of amides is 1. The minimum Gasteiger partial charge on any atom is -0.466 e. The Morgan fingerprint density at radius 3 is 0.963 bits per heavy atom. The summed E-state index contributed by atoms with van der Waals surface area (Å²) in [7, 11) is 0. The van der Waals surface area contributed by atoms with E-state index in [0.29, 0.717) is 25.9 Å². The monoisotopic (exact) mass is 1150 g/mol. The van der Waals surface area contributed by atoms with Crippen LogP contribution in [0.4, 0.5) is 0 Å². The number of unbranched alkanes of at least 4 members (excludes halogenated alkanes) is 53. The van der Waals surface area contributed by atoms with Crippen molar-refractivity contribution in [2.45, 2.75) is 424 Å². The number of carbonyl (C=O) groups is 2. The molecule has 0 fully saturated rings. The van der Waals surface area contributed by atoms with E-state index in [1.54, 1.807) is 0 Å². The van der Waals surface area contributed by atoms with Gasteiger partial charge in [-0.05, 0) is 83.5 Å². The van der Waals surface area contributed by atoms with Gasteiger partial charge in [-0.1, -0.05) is 352 Å². The topological polar surface area (TPSA) is 95.9 Å². The van der Waals surface area contributed by atoms with E-state index in [0.717, 1.165) is 51.4 Å². The fourth-order valence-electron chi connectivity index (χ4n) is 11.7. The van der Waals surface area contributed by atoms with Gasteiger partial charge in [0.05, 0.1) is 25.4 Å². The van der Waals surface area contributed by atoms with Crippen LogP contribution in [-0.4, -0.2) is 47.4 Å². The molecule has 0 aromatic carbocycles. The molecule has 0 aromatic rings. The molecular formula is C76H145NO5. The third kappa shape index (κ3) is 67.2. The van der Waals surface area contributed by atoms with E-state index < -0.39 is 12.1 Å². The Morgan fingerprint density at radius 2 is 0.610 bits per heavy atom. The molecule has 2 atom stereocenters. The van der Waals surface area contributed by atoms with Crippen molar-refractivity contribution >= 4 is 11.9 Å². The molecular weight excluding hydrogens is 1010 g/mol. The van der Waals surface area contributed by atoms with Crippen molar-refractivity contribution in [3.63, 3.8) is 0 Å². The van der Waals surface area contributed by atoms with Crippen LogP contribution in [0.3, 0.4) is 0 Å². The first-order chi connectivity index (χ1) is 40.5. The van der Waals surface area contributed by atoms with Crippen LogP contribution >= 0.6 is 0 Å². The van der Waals surface area contributed by atoms with Gasteiger partial charge in [-0.2, -0.15) is 0 Å². The van der Waals surface area contributed by atoms with Crippen LogP contribution < -0.4 is 5.32 Å². The van der Waals surface area contributed by atoms with Crippen molar-refractivity contribution in [3.8, 4) is 0 Å². The number of aliphatic hydroxyl groups is 2. The first-order valence-corrected chi connectivity index (χ1v) is 37.2. The van der Waals surface area contributed by atoms with Gasteiger partial charge in [0.1, 0.15) is 0 Å². The SMILES string of the molecule is CCCCC/C=C\C/C=C\CCCCCCCCCCCC(=O)OCCCCCCCCCCCCCC/C=C\CCCCCCCCCCCCCCCCC(=O)NC(CO)C(O)CCCCCCCCCCCCCCCCCC. The van der Waals surface area contributed by atoms with E-state index in [1.807, 2.05) is 0 Å². The van der Waals surface area contributed by atoms with Gasteiger partial charge in [-0.15, -0.1) is 0 Å². The summed E-state index contributed by atoms with van der Waals surface area (Å²) in [4.78, 5) is 24.6. The van der Waals surface area contributed by atoms with E-state index in [1.165, 1.54) is 327 Å². The highest BCUT2D eigenvalue weighted by molar-refractivity contribution is 5.76. The maximum absolute atomic E-state index is 12.5. The van der Waals surface area contributed by atoms with Crippen molar-refractivity contribution in [2.24, 2.45) is 0 Å². The zero-order valence-corrected chi connectivity index (χ0v) is 55.5. The van der Waals surface area contributed by atoms with Crippen molar-refractivity contribution in [2.75, 3.05) is 13.2 Å². The quantitative estimate of drug-likeness (QED) is 0.0320. The zero-order valence-electron chi connectivity index (χ0n) is 55.5.